The monoisotopic (exact) mass is 667 g/mol. The number of nitrogen functional groups attached to an aromatic ring is 1. The molecule has 15 heteroatoms. The molecule has 3 N–H and O–H groups in total. The van der Waals surface area contributed by atoms with Gasteiger partial charge in [-0.15, -0.1) is 0 Å². The van der Waals surface area contributed by atoms with E-state index < -0.39 is 65.7 Å². The van der Waals surface area contributed by atoms with Crippen molar-refractivity contribution < 1.29 is 26.3 Å². The van der Waals surface area contributed by atoms with Crippen molar-refractivity contribution in [3.05, 3.63) is 101 Å². The van der Waals surface area contributed by atoms with Crippen LogP contribution in [-0.2, 0) is 18.9 Å². The van der Waals surface area contributed by atoms with Crippen LogP contribution in [0.15, 0.2) is 55.1 Å². The summed E-state index contributed by atoms with van der Waals surface area (Å²) < 4.78 is 90.0. The fourth-order valence-electron chi connectivity index (χ4n) is 7.05. The van der Waals surface area contributed by atoms with Crippen LogP contribution >= 0.6 is 0 Å². The van der Waals surface area contributed by atoms with E-state index in [1.54, 1.807) is 13.1 Å². The SMILES string of the molecule is C=C(Cn1nc(C(F)F)c2c1C(F)(F)C1C(C)C21)N[C@@H](Cc1cc(F)cc(F)c1)c1nc2ncnn2c(N)c1-c1ccc(C(C)C)nc1. The normalized spacial score (nSPS) is 19.9. The van der Waals surface area contributed by atoms with Crippen LogP contribution in [0.3, 0.4) is 0 Å². The van der Waals surface area contributed by atoms with Gasteiger partial charge >= 0.3 is 0 Å². The molecule has 2 aliphatic rings. The highest BCUT2D eigenvalue weighted by molar-refractivity contribution is 5.77. The van der Waals surface area contributed by atoms with Crippen LogP contribution in [0, 0.1) is 23.5 Å². The minimum Gasteiger partial charge on any atom is -0.383 e. The van der Waals surface area contributed by atoms with Gasteiger partial charge in [0.15, 0.2) is 0 Å². The van der Waals surface area contributed by atoms with Gasteiger partial charge in [0.1, 0.15) is 35.2 Å². The molecule has 1 aromatic carbocycles. The molecule has 250 valence electrons. The van der Waals surface area contributed by atoms with Gasteiger partial charge < -0.3 is 11.1 Å². The van der Waals surface area contributed by atoms with Gasteiger partial charge in [-0.1, -0.05) is 33.4 Å². The predicted octanol–water partition coefficient (Wildman–Crippen LogP) is 6.85. The molecule has 0 spiro atoms. The fourth-order valence-corrected chi connectivity index (χ4v) is 7.05. The van der Waals surface area contributed by atoms with Crippen molar-refractivity contribution in [3.8, 4) is 11.1 Å². The summed E-state index contributed by atoms with van der Waals surface area (Å²) in [4.78, 5) is 13.4. The quantitative estimate of drug-likeness (QED) is 0.157. The van der Waals surface area contributed by atoms with E-state index in [4.69, 9.17) is 10.7 Å². The lowest BCUT2D eigenvalue weighted by Crippen LogP contribution is -2.29. The van der Waals surface area contributed by atoms with E-state index in [0.717, 1.165) is 28.6 Å². The van der Waals surface area contributed by atoms with Crippen molar-refractivity contribution in [2.45, 2.75) is 64.0 Å². The number of allylic oxidation sites excluding steroid dienone is 1. The molecule has 1 fully saturated rings. The molecule has 0 bridgehead atoms. The zero-order valence-corrected chi connectivity index (χ0v) is 26.1. The number of alkyl halides is 4. The van der Waals surface area contributed by atoms with E-state index in [0.29, 0.717) is 11.1 Å². The second-order valence-electron chi connectivity index (χ2n) is 12.8. The zero-order chi connectivity index (χ0) is 34.2. The van der Waals surface area contributed by atoms with Crippen LogP contribution < -0.4 is 11.1 Å². The molecule has 4 atom stereocenters. The van der Waals surface area contributed by atoms with Crippen molar-refractivity contribution in [2.24, 2.45) is 11.8 Å². The van der Waals surface area contributed by atoms with Gasteiger partial charge in [0.05, 0.1) is 18.3 Å². The maximum atomic E-state index is 15.5. The summed E-state index contributed by atoms with van der Waals surface area (Å²) in [5.41, 5.74) is 7.72. The Morgan fingerprint density at radius 1 is 1.08 bits per heavy atom. The molecule has 1 saturated carbocycles. The highest BCUT2D eigenvalue weighted by Crippen LogP contribution is 2.71. The van der Waals surface area contributed by atoms with Crippen molar-refractivity contribution in [2.75, 3.05) is 5.73 Å². The first-order valence-electron chi connectivity index (χ1n) is 15.4. The summed E-state index contributed by atoms with van der Waals surface area (Å²) in [6.45, 7) is 9.23. The van der Waals surface area contributed by atoms with Gasteiger partial charge in [0.2, 0.25) is 0 Å². The number of rotatable bonds is 10. The lowest BCUT2D eigenvalue weighted by molar-refractivity contribution is -0.0356. The van der Waals surface area contributed by atoms with Gasteiger partial charge in [0.25, 0.3) is 18.1 Å². The molecule has 5 aromatic rings. The lowest BCUT2D eigenvalue weighted by Gasteiger charge is -2.25. The second-order valence-corrected chi connectivity index (χ2v) is 12.8. The van der Waals surface area contributed by atoms with Gasteiger partial charge in [-0.3, -0.25) is 9.67 Å². The molecule has 48 heavy (non-hydrogen) atoms. The summed E-state index contributed by atoms with van der Waals surface area (Å²) in [5, 5.41) is 11.2. The highest BCUT2D eigenvalue weighted by atomic mass is 19.3. The number of nitrogens with one attached hydrogen (secondary N) is 1. The Morgan fingerprint density at radius 3 is 2.46 bits per heavy atom. The third-order valence-electron chi connectivity index (χ3n) is 9.24. The van der Waals surface area contributed by atoms with Gasteiger partial charge in [-0.2, -0.15) is 28.5 Å². The molecule has 0 radical (unpaired) electrons. The smallest absolute Gasteiger partial charge is 0.293 e. The van der Waals surface area contributed by atoms with Crippen molar-refractivity contribution in [1.29, 1.82) is 0 Å². The molecule has 3 unspecified atom stereocenters. The third kappa shape index (κ3) is 5.15. The standard InChI is InChI=1S/C33H31F6N9/c1-14(2)21-6-5-18(11-41-21)24-27(45-32-42-13-43-48(32)31(24)40)22(9-17-7-19(34)10-20(35)8-17)44-15(3)12-47-29-25(28(46-47)30(36)37)23-16(4)26(23)33(29,38)39/h5-8,10-11,13-14,16,22-23,26,30,44H,3,9,12,40H2,1-2,4H3/t16?,22-,23?,26?/m0/s1. The molecule has 0 amide bonds. The largest absolute Gasteiger partial charge is 0.383 e. The van der Waals surface area contributed by atoms with E-state index in [9.17, 15) is 17.6 Å². The number of halogens is 6. The van der Waals surface area contributed by atoms with E-state index in [1.807, 2.05) is 26.0 Å². The average Bonchev–Trinajstić information content (AvgIpc) is 3.30. The molecule has 2 aliphatic carbocycles. The average molecular weight is 668 g/mol. The van der Waals surface area contributed by atoms with Crippen LogP contribution in [0.25, 0.3) is 16.9 Å². The lowest BCUT2D eigenvalue weighted by atomic mass is 9.95. The Hall–Kier alpha value is -4.95. The predicted molar refractivity (Wildman–Crippen MR) is 164 cm³/mol. The van der Waals surface area contributed by atoms with E-state index in [2.05, 4.69) is 32.1 Å². The Labute approximate surface area is 270 Å². The van der Waals surface area contributed by atoms with Crippen molar-refractivity contribution in [3.63, 3.8) is 0 Å². The minimum absolute atomic E-state index is 0.0771. The molecule has 7 rings (SSSR count). The van der Waals surface area contributed by atoms with E-state index >= 15 is 8.78 Å². The minimum atomic E-state index is -3.35. The summed E-state index contributed by atoms with van der Waals surface area (Å²) >= 11 is 0. The molecular formula is C33H31F6N9. The number of aromatic nitrogens is 7. The maximum Gasteiger partial charge on any atom is 0.293 e. The molecule has 4 heterocycles. The topological polar surface area (TPSA) is 112 Å². The Kier molecular flexibility index (Phi) is 7.47. The summed E-state index contributed by atoms with van der Waals surface area (Å²) in [7, 11) is 0. The van der Waals surface area contributed by atoms with E-state index in [1.165, 1.54) is 10.8 Å². The van der Waals surface area contributed by atoms with Crippen LogP contribution in [0.2, 0.25) is 0 Å². The van der Waals surface area contributed by atoms with E-state index in [-0.39, 0.29) is 46.5 Å². The number of nitrogens with two attached hydrogens (primary N) is 1. The summed E-state index contributed by atoms with van der Waals surface area (Å²) in [5.74, 6) is -6.74. The summed E-state index contributed by atoms with van der Waals surface area (Å²) in [6.07, 6.45) is -0.234. The van der Waals surface area contributed by atoms with Crippen LogP contribution in [-0.4, -0.2) is 34.3 Å². The van der Waals surface area contributed by atoms with Crippen LogP contribution in [0.4, 0.5) is 32.2 Å². The first-order chi connectivity index (χ1) is 22.8. The number of nitrogens with zero attached hydrogens (tertiary/aromatic N) is 7. The first-order valence-corrected chi connectivity index (χ1v) is 15.4. The third-order valence-corrected chi connectivity index (χ3v) is 9.24. The maximum absolute atomic E-state index is 15.5. The fraction of sp³-hybridized carbons (Fsp3) is 0.364. The van der Waals surface area contributed by atoms with Crippen LogP contribution in [0.1, 0.15) is 79.0 Å². The van der Waals surface area contributed by atoms with Crippen molar-refractivity contribution >= 4 is 11.6 Å². The highest BCUT2D eigenvalue weighted by Gasteiger charge is 2.71. The zero-order valence-electron chi connectivity index (χ0n) is 26.1. The number of fused-ring (bicyclic) bond motifs is 4. The Bertz CT molecular complexity index is 2030. The molecule has 9 nitrogen and oxygen atoms in total. The summed E-state index contributed by atoms with van der Waals surface area (Å²) in [6, 6.07) is 5.75. The Balaban J connectivity index is 1.31. The van der Waals surface area contributed by atoms with Crippen molar-refractivity contribution in [1.82, 2.24) is 39.7 Å². The van der Waals surface area contributed by atoms with Gasteiger partial charge in [0, 0.05) is 52.2 Å². The molecular weight excluding hydrogens is 636 g/mol. The van der Waals surface area contributed by atoms with Gasteiger partial charge in [-0.25, -0.2) is 22.5 Å². The molecule has 0 aliphatic heterocycles. The first kappa shape index (κ1) is 31.6. The van der Waals surface area contributed by atoms with Gasteiger partial charge in [-0.05, 0) is 42.0 Å². The number of hydrogen-bond acceptors (Lipinski definition) is 7. The number of benzene rings is 1. The second kappa shape index (κ2) is 11.3. The Morgan fingerprint density at radius 2 is 1.81 bits per heavy atom. The van der Waals surface area contributed by atoms with Crippen LogP contribution in [0.5, 0.6) is 0 Å². The molecule has 0 saturated heterocycles. The number of pyridine rings is 1. The number of anilines is 1. The number of hydrogen-bond donors (Lipinski definition) is 2. The molecule has 4 aromatic heterocycles.